The van der Waals surface area contributed by atoms with E-state index in [1.165, 1.54) is 11.0 Å². The Morgan fingerprint density at radius 1 is 1.05 bits per heavy atom. The van der Waals surface area contributed by atoms with Gasteiger partial charge in [0.2, 0.25) is 0 Å². The standard InChI is InChI=1S/C29H32N2O8S/c1-5-16-31(28(35)39-29(2,3)4)27-30-21-22(32)23(38-25(34)19-14-10-7-11-15-19)20(37-26(21)40-27)17-36-24(33)18-12-8-6-9-13-18/h5-15,20-23,26,32H,1,16-17H2,2-4H3. The van der Waals surface area contributed by atoms with Crippen molar-refractivity contribution in [3.8, 4) is 0 Å². The highest BCUT2D eigenvalue weighted by Crippen LogP contribution is 2.39. The molecule has 2 aromatic carbocycles. The molecule has 0 bridgehead atoms. The zero-order valence-electron chi connectivity index (χ0n) is 22.5. The van der Waals surface area contributed by atoms with Gasteiger partial charge in [-0.05, 0) is 45.0 Å². The van der Waals surface area contributed by atoms with Gasteiger partial charge in [0.1, 0.15) is 35.9 Å². The third-order valence-corrected chi connectivity index (χ3v) is 7.08. The van der Waals surface area contributed by atoms with Crippen molar-refractivity contribution in [2.75, 3.05) is 13.2 Å². The molecule has 0 radical (unpaired) electrons. The smallest absolute Gasteiger partial charge is 0.416 e. The lowest BCUT2D eigenvalue weighted by Crippen LogP contribution is -2.57. The molecule has 2 aromatic rings. The molecule has 0 saturated carbocycles. The fourth-order valence-corrected chi connectivity index (χ4v) is 5.30. The summed E-state index contributed by atoms with van der Waals surface area (Å²) in [5.74, 6) is -1.27. The number of amides is 1. The van der Waals surface area contributed by atoms with Crippen molar-refractivity contribution in [1.29, 1.82) is 0 Å². The van der Waals surface area contributed by atoms with Crippen molar-refractivity contribution in [3.05, 3.63) is 84.4 Å². The minimum Gasteiger partial charge on any atom is -0.459 e. The molecule has 5 unspecified atom stereocenters. The molecule has 40 heavy (non-hydrogen) atoms. The maximum absolute atomic E-state index is 12.9. The quantitative estimate of drug-likeness (QED) is 0.299. The van der Waals surface area contributed by atoms with Gasteiger partial charge < -0.3 is 24.1 Å². The normalized spacial score (nSPS) is 23.8. The highest BCUT2D eigenvalue weighted by Gasteiger charge is 2.52. The van der Waals surface area contributed by atoms with Crippen molar-refractivity contribution in [1.82, 2.24) is 4.90 Å². The van der Waals surface area contributed by atoms with Crippen LogP contribution in [0.1, 0.15) is 41.5 Å². The first-order valence-electron chi connectivity index (χ1n) is 12.7. The molecule has 1 fully saturated rings. The summed E-state index contributed by atoms with van der Waals surface area (Å²) in [7, 11) is 0. The molecule has 2 aliphatic heterocycles. The van der Waals surface area contributed by atoms with E-state index in [2.05, 4.69) is 11.6 Å². The highest BCUT2D eigenvalue weighted by molar-refractivity contribution is 8.14. The van der Waals surface area contributed by atoms with Crippen LogP contribution in [-0.4, -0.2) is 81.7 Å². The second-order valence-electron chi connectivity index (χ2n) is 10.1. The predicted molar refractivity (Wildman–Crippen MR) is 149 cm³/mol. The van der Waals surface area contributed by atoms with Gasteiger partial charge in [-0.25, -0.2) is 14.4 Å². The summed E-state index contributed by atoms with van der Waals surface area (Å²) in [6, 6.07) is 15.9. The minimum atomic E-state index is -1.32. The molecule has 2 heterocycles. The molecule has 4 rings (SSSR count). The average Bonchev–Trinajstić information content (AvgIpc) is 3.36. The lowest BCUT2D eigenvalue weighted by molar-refractivity contribution is -0.167. The van der Waals surface area contributed by atoms with E-state index in [1.54, 1.807) is 81.4 Å². The number of aliphatic hydroxyl groups is 1. The van der Waals surface area contributed by atoms with Crippen LogP contribution in [0.5, 0.6) is 0 Å². The van der Waals surface area contributed by atoms with E-state index in [-0.39, 0.29) is 23.9 Å². The van der Waals surface area contributed by atoms with E-state index in [9.17, 15) is 19.5 Å². The van der Waals surface area contributed by atoms with Gasteiger partial charge in [0, 0.05) is 6.54 Å². The van der Waals surface area contributed by atoms with Crippen molar-refractivity contribution < 1.29 is 38.4 Å². The van der Waals surface area contributed by atoms with Crippen LogP contribution in [0.25, 0.3) is 0 Å². The summed E-state index contributed by atoms with van der Waals surface area (Å²) in [5.41, 5.74) is -0.864. The van der Waals surface area contributed by atoms with Crippen molar-refractivity contribution in [2.24, 2.45) is 4.99 Å². The van der Waals surface area contributed by atoms with E-state index in [0.29, 0.717) is 5.56 Å². The first-order chi connectivity index (χ1) is 19.1. The Balaban J connectivity index is 1.56. The lowest BCUT2D eigenvalue weighted by Gasteiger charge is -2.39. The number of rotatable bonds is 7. The number of carbonyl (C=O) groups is 3. The lowest BCUT2D eigenvalue weighted by atomic mass is 9.98. The van der Waals surface area contributed by atoms with Crippen LogP contribution in [0.2, 0.25) is 0 Å². The van der Waals surface area contributed by atoms with E-state index in [1.807, 2.05) is 0 Å². The van der Waals surface area contributed by atoms with Gasteiger partial charge in [0.25, 0.3) is 0 Å². The van der Waals surface area contributed by atoms with Crippen LogP contribution < -0.4 is 0 Å². The Bertz CT molecular complexity index is 1250. The largest absolute Gasteiger partial charge is 0.459 e. The fourth-order valence-electron chi connectivity index (χ4n) is 4.07. The third-order valence-electron chi connectivity index (χ3n) is 5.92. The summed E-state index contributed by atoms with van der Waals surface area (Å²) in [4.78, 5) is 44.3. The van der Waals surface area contributed by atoms with Crippen molar-refractivity contribution in [2.45, 2.75) is 56.2 Å². The molecule has 10 nitrogen and oxygen atoms in total. The summed E-state index contributed by atoms with van der Waals surface area (Å²) in [5, 5.41) is 11.6. The topological polar surface area (TPSA) is 124 Å². The molecule has 5 atom stereocenters. The van der Waals surface area contributed by atoms with Gasteiger partial charge in [0.15, 0.2) is 11.3 Å². The van der Waals surface area contributed by atoms with Crippen LogP contribution in [0.4, 0.5) is 4.79 Å². The maximum Gasteiger partial charge on any atom is 0.416 e. The molecule has 0 spiro atoms. The molecular weight excluding hydrogens is 536 g/mol. The molecule has 2 aliphatic rings. The molecule has 0 aromatic heterocycles. The number of aliphatic hydroxyl groups excluding tert-OH is 1. The Hall–Kier alpha value is -3.67. The predicted octanol–water partition coefficient (Wildman–Crippen LogP) is 4.05. The average molecular weight is 569 g/mol. The Morgan fingerprint density at radius 3 is 2.23 bits per heavy atom. The van der Waals surface area contributed by atoms with Crippen molar-refractivity contribution >= 4 is 35.0 Å². The molecule has 212 valence electrons. The Morgan fingerprint density at radius 2 is 1.65 bits per heavy atom. The van der Waals surface area contributed by atoms with Crippen molar-refractivity contribution in [3.63, 3.8) is 0 Å². The van der Waals surface area contributed by atoms with Crippen LogP contribution in [0.15, 0.2) is 78.3 Å². The van der Waals surface area contributed by atoms with Crippen LogP contribution in [0, 0.1) is 0 Å². The van der Waals surface area contributed by atoms with Gasteiger partial charge in [-0.1, -0.05) is 54.2 Å². The number of hydrogen-bond acceptors (Lipinski definition) is 10. The second-order valence-corrected chi connectivity index (χ2v) is 11.2. The van der Waals surface area contributed by atoms with E-state index in [0.717, 1.165) is 11.8 Å². The minimum absolute atomic E-state index is 0.112. The maximum atomic E-state index is 12.9. The number of benzene rings is 2. The monoisotopic (exact) mass is 568 g/mol. The van der Waals surface area contributed by atoms with Crippen LogP contribution >= 0.6 is 11.8 Å². The fraction of sp³-hybridized carbons (Fsp3) is 0.379. The van der Waals surface area contributed by atoms with E-state index in [4.69, 9.17) is 18.9 Å². The number of aliphatic imine (C=N–C) groups is 1. The molecule has 1 N–H and O–H groups in total. The van der Waals surface area contributed by atoms with Crippen LogP contribution in [-0.2, 0) is 18.9 Å². The van der Waals surface area contributed by atoms with Gasteiger partial charge in [-0.2, -0.15) is 0 Å². The summed E-state index contributed by atoms with van der Waals surface area (Å²) < 4.78 is 22.9. The summed E-state index contributed by atoms with van der Waals surface area (Å²) >= 11 is 1.12. The molecule has 11 heteroatoms. The number of thioether (sulfide) groups is 1. The molecule has 0 aliphatic carbocycles. The zero-order chi connectivity index (χ0) is 28.9. The third kappa shape index (κ3) is 7.09. The first kappa shape index (κ1) is 29.3. The van der Waals surface area contributed by atoms with E-state index >= 15 is 0 Å². The SMILES string of the molecule is C=CCN(C(=O)OC(C)(C)C)C1=NC2C(OC(COC(=O)c3ccccc3)C(OC(=O)c3ccccc3)C2O)S1. The summed E-state index contributed by atoms with van der Waals surface area (Å²) in [6.45, 7) is 8.78. The summed E-state index contributed by atoms with van der Waals surface area (Å²) in [6.07, 6.45) is -2.64. The number of nitrogens with zero attached hydrogens (tertiary/aromatic N) is 2. The zero-order valence-corrected chi connectivity index (χ0v) is 23.3. The highest BCUT2D eigenvalue weighted by atomic mass is 32.2. The second kappa shape index (κ2) is 12.7. The molecule has 1 amide bonds. The molecule has 1 saturated heterocycles. The van der Waals surface area contributed by atoms with Crippen LogP contribution in [0.3, 0.4) is 0 Å². The van der Waals surface area contributed by atoms with Gasteiger partial charge >= 0.3 is 18.0 Å². The van der Waals surface area contributed by atoms with Gasteiger partial charge in [-0.15, -0.1) is 6.58 Å². The number of ether oxygens (including phenoxy) is 4. The van der Waals surface area contributed by atoms with Gasteiger partial charge in [-0.3, -0.25) is 9.89 Å². The number of esters is 2. The number of fused-ring (bicyclic) bond motifs is 1. The molecular formula is C29H32N2O8S. The number of carbonyl (C=O) groups excluding carboxylic acids is 3. The van der Waals surface area contributed by atoms with Gasteiger partial charge in [0.05, 0.1) is 11.1 Å². The Kier molecular flexibility index (Phi) is 9.28. The van der Waals surface area contributed by atoms with E-state index < -0.39 is 53.4 Å². The Labute approximate surface area is 237 Å². The number of amidine groups is 1. The first-order valence-corrected chi connectivity index (χ1v) is 13.6. The number of hydrogen-bond donors (Lipinski definition) is 1.